The summed E-state index contributed by atoms with van der Waals surface area (Å²) in [6.07, 6.45) is 0.617. The summed E-state index contributed by atoms with van der Waals surface area (Å²) in [5.41, 5.74) is 0.965. The maximum absolute atomic E-state index is 11.9. The zero-order chi connectivity index (χ0) is 12.9. The third-order valence-corrected chi connectivity index (χ3v) is 2.95. The Morgan fingerprint density at radius 1 is 1.18 bits per heavy atom. The molecule has 0 atom stereocenters. The van der Waals surface area contributed by atoms with Gasteiger partial charge in [-0.25, -0.2) is 0 Å². The highest BCUT2D eigenvalue weighted by Crippen LogP contribution is 2.19. The first-order valence-corrected chi connectivity index (χ1v) is 6.28. The van der Waals surface area contributed by atoms with Gasteiger partial charge in [0, 0.05) is 30.6 Å². The van der Waals surface area contributed by atoms with Crippen LogP contribution >= 0.6 is 0 Å². The van der Waals surface area contributed by atoms with Gasteiger partial charge >= 0.3 is 0 Å². The first kappa shape index (κ1) is 13.8. The standard InChI is InChI=1S/C15H23NO/c1-5-16(13-9-7-6-8-10-13)12-11-14(17)15(2,3)4/h6-10H,5,11-12H2,1-4H3. The van der Waals surface area contributed by atoms with Gasteiger partial charge in [-0.05, 0) is 19.1 Å². The molecule has 0 aliphatic heterocycles. The number of Topliss-reactive ketones (excluding diaryl/α,β-unsaturated/α-hetero) is 1. The Labute approximate surface area is 105 Å². The zero-order valence-electron chi connectivity index (χ0n) is 11.4. The Balaban J connectivity index is 2.58. The highest BCUT2D eigenvalue weighted by molar-refractivity contribution is 5.84. The molecule has 0 N–H and O–H groups in total. The maximum atomic E-state index is 11.9. The molecule has 0 unspecified atom stereocenters. The summed E-state index contributed by atoms with van der Waals surface area (Å²) in [7, 11) is 0. The van der Waals surface area contributed by atoms with E-state index in [1.165, 1.54) is 5.69 Å². The smallest absolute Gasteiger partial charge is 0.139 e. The van der Waals surface area contributed by atoms with E-state index in [0.29, 0.717) is 12.2 Å². The van der Waals surface area contributed by atoms with Crippen LogP contribution in [0, 0.1) is 5.41 Å². The number of carbonyl (C=O) groups excluding carboxylic acids is 1. The van der Waals surface area contributed by atoms with Crippen LogP contribution in [0.3, 0.4) is 0 Å². The van der Waals surface area contributed by atoms with Gasteiger partial charge in [0.15, 0.2) is 0 Å². The Hall–Kier alpha value is -1.31. The number of hydrogen-bond donors (Lipinski definition) is 0. The monoisotopic (exact) mass is 233 g/mol. The molecule has 1 aromatic carbocycles. The number of anilines is 1. The van der Waals surface area contributed by atoms with Crippen LogP contribution in [0.1, 0.15) is 34.1 Å². The lowest BCUT2D eigenvalue weighted by Crippen LogP contribution is -2.29. The minimum atomic E-state index is -0.226. The molecule has 94 valence electrons. The molecule has 1 aromatic rings. The molecule has 0 saturated heterocycles. The van der Waals surface area contributed by atoms with E-state index < -0.39 is 0 Å². The number of para-hydroxylation sites is 1. The topological polar surface area (TPSA) is 20.3 Å². The maximum Gasteiger partial charge on any atom is 0.139 e. The molecule has 17 heavy (non-hydrogen) atoms. The van der Waals surface area contributed by atoms with Crippen LogP contribution in [0.4, 0.5) is 5.69 Å². The fourth-order valence-electron chi connectivity index (χ4n) is 1.72. The van der Waals surface area contributed by atoms with E-state index >= 15 is 0 Å². The summed E-state index contributed by atoms with van der Waals surface area (Å²) >= 11 is 0. The van der Waals surface area contributed by atoms with Crippen LogP contribution < -0.4 is 4.90 Å². The summed E-state index contributed by atoms with van der Waals surface area (Å²) in [5.74, 6) is 0.326. The summed E-state index contributed by atoms with van der Waals surface area (Å²) in [6, 6.07) is 10.3. The third kappa shape index (κ3) is 4.22. The molecule has 0 aromatic heterocycles. The third-order valence-electron chi connectivity index (χ3n) is 2.95. The summed E-state index contributed by atoms with van der Waals surface area (Å²) in [4.78, 5) is 14.1. The average molecular weight is 233 g/mol. The van der Waals surface area contributed by atoms with Crippen molar-refractivity contribution in [2.75, 3.05) is 18.0 Å². The van der Waals surface area contributed by atoms with Crippen LogP contribution in [0.2, 0.25) is 0 Å². The van der Waals surface area contributed by atoms with Gasteiger partial charge in [0.1, 0.15) is 5.78 Å². The van der Waals surface area contributed by atoms with Gasteiger partial charge in [0.2, 0.25) is 0 Å². The molecule has 0 fully saturated rings. The van der Waals surface area contributed by atoms with Crippen molar-refractivity contribution in [3.63, 3.8) is 0 Å². The first-order valence-electron chi connectivity index (χ1n) is 6.28. The number of ketones is 1. The van der Waals surface area contributed by atoms with Crippen molar-refractivity contribution in [1.82, 2.24) is 0 Å². The number of nitrogens with zero attached hydrogens (tertiary/aromatic N) is 1. The Morgan fingerprint density at radius 3 is 2.24 bits per heavy atom. The van der Waals surface area contributed by atoms with Crippen molar-refractivity contribution in [3.8, 4) is 0 Å². The largest absolute Gasteiger partial charge is 0.371 e. The van der Waals surface area contributed by atoms with E-state index in [1.54, 1.807) is 0 Å². The van der Waals surface area contributed by atoms with Gasteiger partial charge in [-0.15, -0.1) is 0 Å². The van der Waals surface area contributed by atoms with Gasteiger partial charge in [-0.3, -0.25) is 4.79 Å². The first-order chi connectivity index (χ1) is 7.95. The number of carbonyl (C=O) groups is 1. The van der Waals surface area contributed by atoms with E-state index in [1.807, 2.05) is 39.0 Å². The van der Waals surface area contributed by atoms with Crippen molar-refractivity contribution in [2.45, 2.75) is 34.1 Å². The average Bonchev–Trinajstić information content (AvgIpc) is 2.29. The molecule has 0 aliphatic carbocycles. The van der Waals surface area contributed by atoms with E-state index in [-0.39, 0.29) is 5.41 Å². The van der Waals surface area contributed by atoms with Crippen LogP contribution in [0.5, 0.6) is 0 Å². The number of hydrogen-bond acceptors (Lipinski definition) is 2. The number of rotatable bonds is 5. The lowest BCUT2D eigenvalue weighted by molar-refractivity contribution is -0.126. The SMILES string of the molecule is CCN(CCC(=O)C(C)(C)C)c1ccccc1. The van der Waals surface area contributed by atoms with Gasteiger partial charge in [0.25, 0.3) is 0 Å². The van der Waals surface area contributed by atoms with E-state index in [2.05, 4.69) is 24.0 Å². The molecule has 1 rings (SSSR count). The van der Waals surface area contributed by atoms with E-state index in [4.69, 9.17) is 0 Å². The second-order valence-electron chi connectivity index (χ2n) is 5.34. The molecular weight excluding hydrogens is 210 g/mol. The van der Waals surface area contributed by atoms with Gasteiger partial charge in [-0.2, -0.15) is 0 Å². The zero-order valence-corrected chi connectivity index (χ0v) is 11.4. The lowest BCUT2D eigenvalue weighted by atomic mass is 9.89. The highest BCUT2D eigenvalue weighted by Gasteiger charge is 2.21. The van der Waals surface area contributed by atoms with E-state index in [9.17, 15) is 4.79 Å². The van der Waals surface area contributed by atoms with Crippen LogP contribution in [-0.4, -0.2) is 18.9 Å². The molecule has 0 amide bonds. The van der Waals surface area contributed by atoms with Crippen LogP contribution in [-0.2, 0) is 4.79 Å². The molecule has 0 aliphatic rings. The Morgan fingerprint density at radius 2 is 1.76 bits per heavy atom. The minimum Gasteiger partial charge on any atom is -0.371 e. The van der Waals surface area contributed by atoms with Crippen molar-refractivity contribution in [3.05, 3.63) is 30.3 Å². The fourth-order valence-corrected chi connectivity index (χ4v) is 1.72. The lowest BCUT2D eigenvalue weighted by Gasteiger charge is -2.24. The fraction of sp³-hybridized carbons (Fsp3) is 0.533. The number of benzene rings is 1. The Bertz CT molecular complexity index is 351. The molecule has 0 heterocycles. The summed E-state index contributed by atoms with van der Waals surface area (Å²) < 4.78 is 0. The quantitative estimate of drug-likeness (QED) is 0.775. The second-order valence-corrected chi connectivity index (χ2v) is 5.34. The van der Waals surface area contributed by atoms with Gasteiger partial charge in [-0.1, -0.05) is 39.0 Å². The van der Waals surface area contributed by atoms with Crippen molar-refractivity contribution in [2.24, 2.45) is 5.41 Å². The van der Waals surface area contributed by atoms with Gasteiger partial charge in [0.05, 0.1) is 0 Å². The highest BCUT2D eigenvalue weighted by atomic mass is 16.1. The minimum absolute atomic E-state index is 0.226. The predicted molar refractivity (Wildman–Crippen MR) is 73.4 cm³/mol. The van der Waals surface area contributed by atoms with Crippen LogP contribution in [0.15, 0.2) is 30.3 Å². The second kappa shape index (κ2) is 5.85. The Kier molecular flexibility index (Phi) is 4.73. The van der Waals surface area contributed by atoms with Gasteiger partial charge < -0.3 is 4.90 Å². The van der Waals surface area contributed by atoms with Crippen molar-refractivity contribution in [1.29, 1.82) is 0 Å². The molecule has 0 radical (unpaired) electrons. The predicted octanol–water partition coefficient (Wildman–Crippen LogP) is 3.52. The van der Waals surface area contributed by atoms with E-state index in [0.717, 1.165) is 13.1 Å². The normalized spacial score (nSPS) is 11.3. The molecule has 0 spiro atoms. The molecular formula is C15H23NO. The molecule has 2 nitrogen and oxygen atoms in total. The summed E-state index contributed by atoms with van der Waals surface area (Å²) in [6.45, 7) is 9.79. The van der Waals surface area contributed by atoms with Crippen molar-refractivity contribution < 1.29 is 4.79 Å². The van der Waals surface area contributed by atoms with Crippen molar-refractivity contribution >= 4 is 11.5 Å². The van der Waals surface area contributed by atoms with Crippen LogP contribution in [0.25, 0.3) is 0 Å². The molecule has 2 heteroatoms. The summed E-state index contributed by atoms with van der Waals surface area (Å²) in [5, 5.41) is 0. The molecule has 0 bridgehead atoms. The molecule has 0 saturated carbocycles.